The van der Waals surface area contributed by atoms with Crippen LogP contribution in [0.5, 0.6) is 0 Å². The first-order valence-electron chi connectivity index (χ1n) is 8.19. The summed E-state index contributed by atoms with van der Waals surface area (Å²) in [6, 6.07) is 21.5. The maximum Gasteiger partial charge on any atom is 0.0106 e. The van der Waals surface area contributed by atoms with Crippen LogP contribution in [0.15, 0.2) is 60.7 Å². The van der Waals surface area contributed by atoms with Gasteiger partial charge in [-0.2, -0.15) is 0 Å². The van der Waals surface area contributed by atoms with Crippen molar-refractivity contribution in [1.29, 1.82) is 0 Å². The molecule has 0 fully saturated rings. The number of hydrogen-bond donors (Lipinski definition) is 0. The molecule has 2 aromatic rings. The van der Waals surface area contributed by atoms with Gasteiger partial charge in [-0.15, -0.1) is 0 Å². The quantitative estimate of drug-likeness (QED) is 0.700. The molecule has 0 atom stereocenters. The second-order valence-electron chi connectivity index (χ2n) is 6.08. The van der Waals surface area contributed by atoms with Gasteiger partial charge < -0.3 is 9.80 Å². The minimum atomic E-state index is 1.12. The Bertz CT molecular complexity index is 460. The Labute approximate surface area is 135 Å². The van der Waals surface area contributed by atoms with Crippen molar-refractivity contribution in [2.75, 3.05) is 40.3 Å². The Morgan fingerprint density at radius 3 is 1.27 bits per heavy atom. The molecule has 0 unspecified atom stereocenters. The molecule has 0 spiro atoms. The van der Waals surface area contributed by atoms with Crippen molar-refractivity contribution in [3.05, 3.63) is 71.8 Å². The second kappa shape index (κ2) is 9.39. The highest BCUT2D eigenvalue weighted by molar-refractivity contribution is 5.15. The van der Waals surface area contributed by atoms with Crippen LogP contribution in [0, 0.1) is 0 Å². The highest BCUT2D eigenvalue weighted by Gasteiger charge is 2.03. The van der Waals surface area contributed by atoms with E-state index in [1.54, 1.807) is 0 Å². The fourth-order valence-corrected chi connectivity index (χ4v) is 2.49. The molecular formula is C20H28N2. The normalized spacial score (nSPS) is 11.3. The summed E-state index contributed by atoms with van der Waals surface area (Å²) in [7, 11) is 4.43. The van der Waals surface area contributed by atoms with E-state index in [2.05, 4.69) is 84.6 Å². The zero-order chi connectivity index (χ0) is 15.6. The van der Waals surface area contributed by atoms with Gasteiger partial charge in [0.15, 0.2) is 0 Å². The fraction of sp³-hybridized carbons (Fsp3) is 0.400. The molecule has 0 aliphatic heterocycles. The third-order valence-corrected chi connectivity index (χ3v) is 4.11. The van der Waals surface area contributed by atoms with Gasteiger partial charge in [-0.3, -0.25) is 0 Å². The summed E-state index contributed by atoms with van der Waals surface area (Å²) in [5.41, 5.74) is 2.85. The van der Waals surface area contributed by atoms with E-state index >= 15 is 0 Å². The molecule has 0 saturated carbocycles. The Balaban J connectivity index is 1.60. The number of hydrogen-bond acceptors (Lipinski definition) is 2. The van der Waals surface area contributed by atoms with Crippen LogP contribution in [0.4, 0.5) is 0 Å². The molecule has 0 radical (unpaired) electrons. The van der Waals surface area contributed by atoms with E-state index in [9.17, 15) is 0 Å². The molecule has 0 saturated heterocycles. The van der Waals surface area contributed by atoms with Crippen molar-refractivity contribution in [3.8, 4) is 0 Å². The summed E-state index contributed by atoms with van der Waals surface area (Å²) in [4.78, 5) is 4.85. The Morgan fingerprint density at radius 1 is 0.545 bits per heavy atom. The second-order valence-corrected chi connectivity index (χ2v) is 6.08. The lowest BCUT2D eigenvalue weighted by Gasteiger charge is -2.22. The van der Waals surface area contributed by atoms with Gasteiger partial charge in [-0.05, 0) is 38.1 Å². The minimum absolute atomic E-state index is 1.12. The van der Waals surface area contributed by atoms with Crippen LogP contribution in [0.2, 0.25) is 0 Å². The van der Waals surface area contributed by atoms with Crippen LogP contribution in [-0.2, 0) is 12.8 Å². The van der Waals surface area contributed by atoms with Crippen LogP contribution in [0.1, 0.15) is 11.1 Å². The number of likely N-dealkylation sites (N-methyl/N-ethyl adjacent to an activating group) is 2. The van der Waals surface area contributed by atoms with Crippen LogP contribution in [0.3, 0.4) is 0 Å². The lowest BCUT2D eigenvalue weighted by Crippen LogP contribution is -2.33. The standard InChI is InChI=1S/C20H28N2/c1-21(15-13-19-9-5-3-6-10-19)17-18-22(2)16-14-20-11-7-4-8-12-20/h3-12H,13-18H2,1-2H3. The third-order valence-electron chi connectivity index (χ3n) is 4.11. The van der Waals surface area contributed by atoms with E-state index in [1.165, 1.54) is 11.1 Å². The smallest absolute Gasteiger partial charge is 0.0106 e. The zero-order valence-corrected chi connectivity index (χ0v) is 13.9. The molecule has 2 nitrogen and oxygen atoms in total. The summed E-state index contributed by atoms with van der Waals surface area (Å²) in [6.07, 6.45) is 2.26. The lowest BCUT2D eigenvalue weighted by atomic mass is 10.1. The Kier molecular flexibility index (Phi) is 7.14. The van der Waals surface area contributed by atoms with Crippen molar-refractivity contribution in [2.45, 2.75) is 12.8 Å². The molecule has 22 heavy (non-hydrogen) atoms. The first-order chi connectivity index (χ1) is 10.7. The molecule has 0 amide bonds. The van der Waals surface area contributed by atoms with E-state index < -0.39 is 0 Å². The predicted molar refractivity (Wildman–Crippen MR) is 95.3 cm³/mol. The highest BCUT2D eigenvalue weighted by Crippen LogP contribution is 2.02. The number of rotatable bonds is 9. The summed E-state index contributed by atoms with van der Waals surface area (Å²) < 4.78 is 0. The molecule has 0 aliphatic carbocycles. The van der Waals surface area contributed by atoms with Crippen LogP contribution >= 0.6 is 0 Å². The lowest BCUT2D eigenvalue weighted by molar-refractivity contribution is 0.260. The monoisotopic (exact) mass is 296 g/mol. The number of nitrogens with zero attached hydrogens (tertiary/aromatic N) is 2. The van der Waals surface area contributed by atoms with E-state index in [1.807, 2.05) is 0 Å². The van der Waals surface area contributed by atoms with Crippen LogP contribution < -0.4 is 0 Å². The molecule has 2 heteroatoms. The molecule has 0 bridgehead atoms. The van der Waals surface area contributed by atoms with E-state index in [-0.39, 0.29) is 0 Å². The van der Waals surface area contributed by atoms with Gasteiger partial charge in [0.05, 0.1) is 0 Å². The molecule has 118 valence electrons. The van der Waals surface area contributed by atoms with Gasteiger partial charge in [-0.1, -0.05) is 60.7 Å². The molecular weight excluding hydrogens is 268 g/mol. The maximum atomic E-state index is 2.42. The predicted octanol–water partition coefficient (Wildman–Crippen LogP) is 3.34. The van der Waals surface area contributed by atoms with Crippen molar-refractivity contribution in [2.24, 2.45) is 0 Å². The van der Waals surface area contributed by atoms with Crippen molar-refractivity contribution < 1.29 is 0 Å². The van der Waals surface area contributed by atoms with Gasteiger partial charge in [0, 0.05) is 26.2 Å². The Morgan fingerprint density at radius 2 is 0.909 bits per heavy atom. The highest BCUT2D eigenvalue weighted by atomic mass is 15.2. The van der Waals surface area contributed by atoms with Crippen LogP contribution in [-0.4, -0.2) is 50.1 Å². The third kappa shape index (κ3) is 6.42. The summed E-state index contributed by atoms with van der Waals surface area (Å²) in [5, 5.41) is 0. The first-order valence-corrected chi connectivity index (χ1v) is 8.19. The van der Waals surface area contributed by atoms with Gasteiger partial charge in [0.25, 0.3) is 0 Å². The van der Waals surface area contributed by atoms with Gasteiger partial charge in [0.1, 0.15) is 0 Å². The maximum absolute atomic E-state index is 2.42. The number of benzene rings is 2. The summed E-state index contributed by atoms with van der Waals surface area (Å²) in [5.74, 6) is 0. The average Bonchev–Trinajstić information content (AvgIpc) is 2.58. The molecule has 0 N–H and O–H groups in total. The van der Waals surface area contributed by atoms with Gasteiger partial charge in [0.2, 0.25) is 0 Å². The largest absolute Gasteiger partial charge is 0.305 e. The molecule has 0 aliphatic rings. The van der Waals surface area contributed by atoms with Gasteiger partial charge in [-0.25, -0.2) is 0 Å². The minimum Gasteiger partial charge on any atom is -0.305 e. The van der Waals surface area contributed by atoms with E-state index in [0.717, 1.165) is 39.0 Å². The Hall–Kier alpha value is -1.64. The SMILES string of the molecule is CN(CCc1ccccc1)CCN(C)CCc1ccccc1. The average molecular weight is 296 g/mol. The molecule has 0 heterocycles. The first kappa shape index (κ1) is 16.7. The van der Waals surface area contributed by atoms with Crippen molar-refractivity contribution >= 4 is 0 Å². The van der Waals surface area contributed by atoms with E-state index in [0.29, 0.717) is 0 Å². The van der Waals surface area contributed by atoms with E-state index in [4.69, 9.17) is 0 Å². The fourth-order valence-electron chi connectivity index (χ4n) is 2.49. The molecule has 0 aromatic heterocycles. The molecule has 2 aromatic carbocycles. The summed E-state index contributed by atoms with van der Waals surface area (Å²) in [6.45, 7) is 4.49. The van der Waals surface area contributed by atoms with Gasteiger partial charge >= 0.3 is 0 Å². The summed E-state index contributed by atoms with van der Waals surface area (Å²) >= 11 is 0. The van der Waals surface area contributed by atoms with Crippen molar-refractivity contribution in [1.82, 2.24) is 9.80 Å². The molecule has 2 rings (SSSR count). The van der Waals surface area contributed by atoms with Crippen molar-refractivity contribution in [3.63, 3.8) is 0 Å². The topological polar surface area (TPSA) is 6.48 Å². The zero-order valence-electron chi connectivity index (χ0n) is 13.9. The van der Waals surface area contributed by atoms with Crippen LogP contribution in [0.25, 0.3) is 0 Å².